The van der Waals surface area contributed by atoms with Crippen LogP contribution in [0.25, 0.3) is 0 Å². The molecule has 2 saturated heterocycles. The molecule has 1 unspecified atom stereocenters. The van der Waals surface area contributed by atoms with Gasteiger partial charge in [-0.1, -0.05) is 19.8 Å². The van der Waals surface area contributed by atoms with E-state index in [1.54, 1.807) is 0 Å². The summed E-state index contributed by atoms with van der Waals surface area (Å²) in [6, 6.07) is 0.911. The Morgan fingerprint density at radius 3 is 2.79 bits per heavy atom. The summed E-state index contributed by atoms with van der Waals surface area (Å²) in [4.78, 5) is 2.76. The second-order valence-corrected chi connectivity index (χ2v) is 4.96. The van der Waals surface area contributed by atoms with E-state index in [1.807, 2.05) is 0 Å². The molecule has 0 aromatic rings. The molecule has 0 spiro atoms. The number of hydrogen-bond acceptors (Lipinski definition) is 2. The molecule has 0 amide bonds. The molecule has 0 aromatic heterocycles. The Balaban J connectivity index is 1.78. The number of rotatable bonds is 4. The Morgan fingerprint density at radius 1 is 1.29 bits per heavy atom. The minimum atomic E-state index is 0.911. The van der Waals surface area contributed by atoms with E-state index in [9.17, 15) is 0 Å². The van der Waals surface area contributed by atoms with Crippen molar-refractivity contribution in [3.8, 4) is 0 Å². The summed E-state index contributed by atoms with van der Waals surface area (Å²) in [6.45, 7) is 7.56. The third kappa shape index (κ3) is 2.48. The van der Waals surface area contributed by atoms with E-state index < -0.39 is 0 Å². The number of nitrogens with zero attached hydrogens (tertiary/aromatic N) is 1. The van der Waals surface area contributed by atoms with Gasteiger partial charge in [-0.2, -0.15) is 0 Å². The van der Waals surface area contributed by atoms with E-state index in [1.165, 1.54) is 58.3 Å². The van der Waals surface area contributed by atoms with Gasteiger partial charge in [-0.3, -0.25) is 0 Å². The quantitative estimate of drug-likeness (QED) is 0.738. The van der Waals surface area contributed by atoms with Crippen molar-refractivity contribution in [1.82, 2.24) is 10.2 Å². The molecule has 14 heavy (non-hydrogen) atoms. The van der Waals surface area contributed by atoms with Gasteiger partial charge in [-0.25, -0.2) is 0 Å². The van der Waals surface area contributed by atoms with E-state index in [4.69, 9.17) is 0 Å². The highest BCUT2D eigenvalue weighted by molar-refractivity contribution is 4.83. The van der Waals surface area contributed by atoms with Crippen LogP contribution in [0, 0.1) is 5.92 Å². The summed E-state index contributed by atoms with van der Waals surface area (Å²) in [6.07, 6.45) is 7.11. The van der Waals surface area contributed by atoms with Crippen molar-refractivity contribution in [2.45, 2.75) is 45.1 Å². The zero-order valence-corrected chi connectivity index (χ0v) is 9.47. The average molecular weight is 196 g/mol. The largest absolute Gasteiger partial charge is 0.316 e. The predicted octanol–water partition coefficient (Wildman–Crippen LogP) is 1.86. The van der Waals surface area contributed by atoms with Crippen LogP contribution < -0.4 is 5.32 Å². The predicted molar refractivity (Wildman–Crippen MR) is 60.5 cm³/mol. The SMILES string of the molecule is CCCC1CCCCN1CC1CNC1. The Kier molecular flexibility index (Phi) is 3.82. The van der Waals surface area contributed by atoms with Gasteiger partial charge in [0.1, 0.15) is 0 Å². The summed E-state index contributed by atoms with van der Waals surface area (Å²) in [5.74, 6) is 0.951. The van der Waals surface area contributed by atoms with Crippen LogP contribution in [0.2, 0.25) is 0 Å². The fourth-order valence-electron chi connectivity index (χ4n) is 2.77. The molecule has 1 atom stereocenters. The normalized spacial score (nSPS) is 30.2. The maximum absolute atomic E-state index is 3.37. The first-order valence-corrected chi connectivity index (χ1v) is 6.35. The van der Waals surface area contributed by atoms with Crippen molar-refractivity contribution in [2.75, 3.05) is 26.2 Å². The van der Waals surface area contributed by atoms with Crippen LogP contribution in [0.1, 0.15) is 39.0 Å². The second-order valence-electron chi connectivity index (χ2n) is 4.96. The molecule has 0 aromatic carbocycles. The standard InChI is InChI=1S/C12H24N2/c1-2-5-12-6-3-4-7-14(12)10-11-8-13-9-11/h11-13H,2-10H2,1H3. The zero-order valence-electron chi connectivity index (χ0n) is 9.47. The summed E-state index contributed by atoms with van der Waals surface area (Å²) in [7, 11) is 0. The molecular formula is C12H24N2. The van der Waals surface area contributed by atoms with Crippen molar-refractivity contribution >= 4 is 0 Å². The first-order chi connectivity index (χ1) is 6.90. The van der Waals surface area contributed by atoms with Crippen LogP contribution in [-0.2, 0) is 0 Å². The Morgan fingerprint density at radius 2 is 2.14 bits per heavy atom. The van der Waals surface area contributed by atoms with Crippen molar-refractivity contribution in [1.29, 1.82) is 0 Å². The lowest BCUT2D eigenvalue weighted by Gasteiger charge is -2.40. The minimum absolute atomic E-state index is 0.911. The summed E-state index contributed by atoms with van der Waals surface area (Å²) < 4.78 is 0. The molecule has 2 rings (SSSR count). The first kappa shape index (κ1) is 10.4. The van der Waals surface area contributed by atoms with Gasteiger partial charge in [0.2, 0.25) is 0 Å². The highest BCUT2D eigenvalue weighted by atomic mass is 15.2. The lowest BCUT2D eigenvalue weighted by atomic mass is 9.95. The van der Waals surface area contributed by atoms with Gasteiger partial charge >= 0.3 is 0 Å². The highest BCUT2D eigenvalue weighted by Crippen LogP contribution is 2.22. The molecule has 2 aliphatic rings. The monoisotopic (exact) mass is 196 g/mol. The average Bonchev–Trinajstić information content (AvgIpc) is 2.14. The second kappa shape index (κ2) is 5.13. The van der Waals surface area contributed by atoms with Crippen molar-refractivity contribution in [3.63, 3.8) is 0 Å². The molecule has 0 saturated carbocycles. The lowest BCUT2D eigenvalue weighted by molar-refractivity contribution is 0.103. The van der Waals surface area contributed by atoms with Gasteiger partial charge in [-0.15, -0.1) is 0 Å². The molecule has 1 N–H and O–H groups in total. The van der Waals surface area contributed by atoms with Crippen LogP contribution in [0.3, 0.4) is 0 Å². The number of piperidine rings is 1. The summed E-state index contributed by atoms with van der Waals surface area (Å²) in [5, 5.41) is 3.37. The van der Waals surface area contributed by atoms with Crippen LogP contribution >= 0.6 is 0 Å². The van der Waals surface area contributed by atoms with Crippen LogP contribution in [-0.4, -0.2) is 37.1 Å². The Labute approximate surface area is 88.1 Å². The van der Waals surface area contributed by atoms with Gasteiger partial charge in [0.25, 0.3) is 0 Å². The summed E-state index contributed by atoms with van der Waals surface area (Å²) in [5.41, 5.74) is 0. The van der Waals surface area contributed by atoms with E-state index in [-0.39, 0.29) is 0 Å². The maximum atomic E-state index is 3.37. The van der Waals surface area contributed by atoms with Crippen LogP contribution in [0.5, 0.6) is 0 Å². The lowest BCUT2D eigenvalue weighted by Crippen LogP contribution is -2.51. The fraction of sp³-hybridized carbons (Fsp3) is 1.00. The fourth-order valence-corrected chi connectivity index (χ4v) is 2.77. The minimum Gasteiger partial charge on any atom is -0.316 e. The molecule has 82 valence electrons. The smallest absolute Gasteiger partial charge is 0.00952 e. The molecule has 2 aliphatic heterocycles. The Hall–Kier alpha value is -0.0800. The van der Waals surface area contributed by atoms with Crippen molar-refractivity contribution in [3.05, 3.63) is 0 Å². The van der Waals surface area contributed by atoms with E-state index in [2.05, 4.69) is 17.1 Å². The molecule has 2 heteroatoms. The van der Waals surface area contributed by atoms with Gasteiger partial charge in [0.05, 0.1) is 0 Å². The van der Waals surface area contributed by atoms with E-state index in [0.717, 1.165) is 12.0 Å². The van der Waals surface area contributed by atoms with Gasteiger partial charge in [-0.05, 0) is 31.7 Å². The van der Waals surface area contributed by atoms with Crippen LogP contribution in [0.15, 0.2) is 0 Å². The number of hydrogen-bond donors (Lipinski definition) is 1. The molecule has 0 radical (unpaired) electrons. The molecular weight excluding hydrogens is 172 g/mol. The zero-order chi connectivity index (χ0) is 9.80. The molecule has 0 aliphatic carbocycles. The third-order valence-electron chi connectivity index (χ3n) is 3.73. The van der Waals surface area contributed by atoms with Crippen molar-refractivity contribution < 1.29 is 0 Å². The topological polar surface area (TPSA) is 15.3 Å². The molecule has 2 heterocycles. The summed E-state index contributed by atoms with van der Waals surface area (Å²) >= 11 is 0. The molecule has 2 nitrogen and oxygen atoms in total. The Bertz CT molecular complexity index is 164. The maximum Gasteiger partial charge on any atom is 0.00952 e. The molecule has 2 fully saturated rings. The number of nitrogens with one attached hydrogen (secondary N) is 1. The molecule has 0 bridgehead atoms. The first-order valence-electron chi connectivity index (χ1n) is 6.35. The van der Waals surface area contributed by atoms with E-state index >= 15 is 0 Å². The highest BCUT2D eigenvalue weighted by Gasteiger charge is 2.26. The van der Waals surface area contributed by atoms with Crippen LogP contribution in [0.4, 0.5) is 0 Å². The third-order valence-corrected chi connectivity index (χ3v) is 3.73. The van der Waals surface area contributed by atoms with Gasteiger partial charge in [0, 0.05) is 25.7 Å². The number of likely N-dealkylation sites (tertiary alicyclic amines) is 1. The van der Waals surface area contributed by atoms with Gasteiger partial charge < -0.3 is 10.2 Å². The van der Waals surface area contributed by atoms with Gasteiger partial charge in [0.15, 0.2) is 0 Å². The van der Waals surface area contributed by atoms with E-state index in [0.29, 0.717) is 0 Å². The van der Waals surface area contributed by atoms with Crippen molar-refractivity contribution in [2.24, 2.45) is 5.92 Å².